The van der Waals surface area contributed by atoms with E-state index >= 15 is 0 Å². The number of hydrogen-bond acceptors (Lipinski definition) is 4. The van der Waals surface area contributed by atoms with Crippen LogP contribution in [0.2, 0.25) is 0 Å². The number of nitrogens with zero attached hydrogens (tertiary/aromatic N) is 3. The molecule has 0 atom stereocenters. The van der Waals surface area contributed by atoms with Gasteiger partial charge in [0.15, 0.2) is 5.13 Å². The van der Waals surface area contributed by atoms with Crippen LogP contribution in [-0.2, 0) is 4.79 Å². The van der Waals surface area contributed by atoms with Gasteiger partial charge >= 0.3 is 0 Å². The van der Waals surface area contributed by atoms with E-state index in [0.717, 1.165) is 65.0 Å². The quantitative estimate of drug-likeness (QED) is 0.612. The van der Waals surface area contributed by atoms with E-state index in [1.807, 2.05) is 29.7 Å². The van der Waals surface area contributed by atoms with Crippen LogP contribution in [0.3, 0.4) is 0 Å². The summed E-state index contributed by atoms with van der Waals surface area (Å²) in [6.07, 6.45) is 8.98. The first-order chi connectivity index (χ1) is 14.6. The Bertz CT molecular complexity index is 1060. The summed E-state index contributed by atoms with van der Waals surface area (Å²) in [5.41, 5.74) is 1.87. The molecule has 0 unspecified atom stereocenters. The molecule has 0 aliphatic heterocycles. The molecule has 154 valence electrons. The first-order valence-corrected chi connectivity index (χ1v) is 11.8. The minimum absolute atomic E-state index is 0.171. The Labute approximate surface area is 180 Å². The molecule has 30 heavy (non-hydrogen) atoms. The van der Waals surface area contributed by atoms with Gasteiger partial charge in [0, 0.05) is 10.9 Å². The van der Waals surface area contributed by atoms with E-state index in [0.29, 0.717) is 0 Å². The fraction of sp³-hybridized carbons (Fsp3) is 0.458. The summed E-state index contributed by atoms with van der Waals surface area (Å²) >= 11 is 1.58. The maximum absolute atomic E-state index is 13.5. The summed E-state index contributed by atoms with van der Waals surface area (Å²) in [4.78, 5) is 22.8. The van der Waals surface area contributed by atoms with Gasteiger partial charge in [-0.1, -0.05) is 30.3 Å². The van der Waals surface area contributed by atoms with Gasteiger partial charge in [0.25, 0.3) is 0 Å². The molecule has 7 rings (SSSR count). The van der Waals surface area contributed by atoms with Crippen molar-refractivity contribution in [1.82, 2.24) is 14.5 Å². The largest absolute Gasteiger partial charge is 0.310 e. The lowest BCUT2D eigenvalue weighted by Gasteiger charge is -2.55. The zero-order valence-corrected chi connectivity index (χ0v) is 18.0. The van der Waals surface area contributed by atoms with Crippen molar-refractivity contribution in [3.8, 4) is 16.4 Å². The molecule has 0 spiro atoms. The van der Waals surface area contributed by atoms with E-state index in [1.165, 1.54) is 19.3 Å². The Kier molecular flexibility index (Phi) is 4.13. The number of amides is 1. The van der Waals surface area contributed by atoms with Crippen molar-refractivity contribution in [2.24, 2.45) is 23.2 Å². The maximum Gasteiger partial charge on any atom is 0.231 e. The number of aryl methyl sites for hydroxylation is 1. The minimum Gasteiger partial charge on any atom is -0.310 e. The lowest BCUT2D eigenvalue weighted by molar-refractivity contribution is -0.140. The van der Waals surface area contributed by atoms with Gasteiger partial charge in [0.05, 0.1) is 17.3 Å². The topological polar surface area (TPSA) is 59.8 Å². The van der Waals surface area contributed by atoms with Crippen molar-refractivity contribution >= 4 is 23.1 Å². The molecule has 3 aromatic rings. The molecule has 5 nitrogen and oxygen atoms in total. The predicted octanol–water partition coefficient (Wildman–Crippen LogP) is 5.46. The Hall–Kier alpha value is -2.47. The Morgan fingerprint density at radius 3 is 2.43 bits per heavy atom. The van der Waals surface area contributed by atoms with Crippen LogP contribution < -0.4 is 5.32 Å². The van der Waals surface area contributed by atoms with E-state index in [4.69, 9.17) is 4.98 Å². The van der Waals surface area contributed by atoms with E-state index in [2.05, 4.69) is 27.8 Å². The number of hydrogen-bond donors (Lipinski definition) is 1. The molecular weight excluding hydrogens is 392 g/mol. The number of aromatic nitrogens is 3. The smallest absolute Gasteiger partial charge is 0.231 e. The zero-order chi connectivity index (χ0) is 20.3. The van der Waals surface area contributed by atoms with Crippen LogP contribution in [0.4, 0.5) is 5.82 Å². The Morgan fingerprint density at radius 1 is 1.10 bits per heavy atom. The summed E-state index contributed by atoms with van der Waals surface area (Å²) in [5, 5.41) is 6.17. The van der Waals surface area contributed by atoms with Crippen molar-refractivity contribution < 1.29 is 4.79 Å². The van der Waals surface area contributed by atoms with Crippen LogP contribution in [0, 0.1) is 30.1 Å². The van der Waals surface area contributed by atoms with Gasteiger partial charge in [0.2, 0.25) is 5.91 Å². The van der Waals surface area contributed by atoms with E-state index in [1.54, 1.807) is 17.5 Å². The third-order valence-electron chi connectivity index (χ3n) is 7.45. The molecule has 4 saturated carbocycles. The zero-order valence-electron chi connectivity index (χ0n) is 17.2. The number of carbonyl (C=O) groups is 1. The second kappa shape index (κ2) is 6.77. The molecule has 2 heterocycles. The Balaban J connectivity index is 1.29. The predicted molar refractivity (Wildman–Crippen MR) is 119 cm³/mol. The van der Waals surface area contributed by atoms with Gasteiger partial charge in [-0.15, -0.1) is 11.3 Å². The third kappa shape index (κ3) is 2.92. The Morgan fingerprint density at radius 2 is 1.77 bits per heavy atom. The summed E-state index contributed by atoms with van der Waals surface area (Å²) < 4.78 is 1.98. The first kappa shape index (κ1) is 18.3. The summed E-state index contributed by atoms with van der Waals surface area (Å²) in [5.74, 6) is 4.03. The molecule has 4 bridgehead atoms. The van der Waals surface area contributed by atoms with E-state index in [-0.39, 0.29) is 11.3 Å². The van der Waals surface area contributed by atoms with Crippen molar-refractivity contribution in [2.75, 3.05) is 5.32 Å². The van der Waals surface area contributed by atoms with Crippen LogP contribution in [0.25, 0.3) is 16.4 Å². The molecule has 0 saturated heterocycles. The molecular formula is C24H26N4OS. The van der Waals surface area contributed by atoms with Gasteiger partial charge < -0.3 is 5.32 Å². The average molecular weight is 419 g/mol. The molecule has 1 aromatic carbocycles. The number of rotatable bonds is 4. The molecule has 0 radical (unpaired) electrons. The lowest BCUT2D eigenvalue weighted by Crippen LogP contribution is -2.51. The second-order valence-electron chi connectivity index (χ2n) is 9.56. The van der Waals surface area contributed by atoms with E-state index in [9.17, 15) is 4.79 Å². The number of imidazole rings is 1. The maximum atomic E-state index is 13.5. The summed E-state index contributed by atoms with van der Waals surface area (Å²) in [7, 11) is 0. The molecule has 1 amide bonds. The summed E-state index contributed by atoms with van der Waals surface area (Å²) in [6, 6.07) is 10.2. The number of benzene rings is 1. The van der Waals surface area contributed by atoms with Gasteiger partial charge in [-0.05, 0) is 63.2 Å². The molecule has 4 aliphatic carbocycles. The monoisotopic (exact) mass is 418 g/mol. The van der Waals surface area contributed by atoms with Crippen molar-refractivity contribution in [3.05, 3.63) is 47.7 Å². The highest BCUT2D eigenvalue weighted by atomic mass is 32.1. The fourth-order valence-electron chi connectivity index (χ4n) is 6.52. The molecule has 1 N–H and O–H groups in total. The summed E-state index contributed by atoms with van der Waals surface area (Å²) in [6.45, 7) is 1.96. The standard InChI is InChI=1S/C24H26N4OS/c1-15-25-13-21(28(15)23-26-20(14-30-23)19-5-3-2-4-6-19)27-22(29)24-10-16-7-17(11-24)9-18(8-16)12-24/h2-6,13-14,16-18H,7-12H2,1H3,(H,27,29). The van der Waals surface area contributed by atoms with Crippen LogP contribution in [0.5, 0.6) is 0 Å². The normalized spacial score (nSPS) is 29.3. The minimum atomic E-state index is -0.171. The number of carbonyl (C=O) groups excluding carboxylic acids is 1. The van der Waals surface area contributed by atoms with Gasteiger partial charge in [-0.25, -0.2) is 9.97 Å². The van der Waals surface area contributed by atoms with Crippen molar-refractivity contribution in [3.63, 3.8) is 0 Å². The van der Waals surface area contributed by atoms with Crippen molar-refractivity contribution in [2.45, 2.75) is 45.4 Å². The number of anilines is 1. The van der Waals surface area contributed by atoms with Gasteiger partial charge in [0.1, 0.15) is 11.6 Å². The van der Waals surface area contributed by atoms with Gasteiger partial charge in [-0.3, -0.25) is 9.36 Å². The average Bonchev–Trinajstić information content (AvgIpc) is 3.34. The second-order valence-corrected chi connectivity index (χ2v) is 10.4. The van der Waals surface area contributed by atoms with Gasteiger partial charge in [-0.2, -0.15) is 0 Å². The highest BCUT2D eigenvalue weighted by molar-refractivity contribution is 7.12. The van der Waals surface area contributed by atoms with Crippen LogP contribution in [0.15, 0.2) is 41.9 Å². The van der Waals surface area contributed by atoms with Crippen LogP contribution in [0.1, 0.15) is 44.3 Å². The van der Waals surface area contributed by atoms with Crippen LogP contribution in [-0.4, -0.2) is 20.4 Å². The van der Waals surface area contributed by atoms with Crippen LogP contribution >= 0.6 is 11.3 Å². The molecule has 4 fully saturated rings. The molecule has 4 aliphatic rings. The van der Waals surface area contributed by atoms with Crippen molar-refractivity contribution in [1.29, 1.82) is 0 Å². The molecule has 6 heteroatoms. The number of nitrogens with one attached hydrogen (secondary N) is 1. The lowest BCUT2D eigenvalue weighted by atomic mass is 9.49. The SMILES string of the molecule is Cc1ncc(NC(=O)C23CC4CC(CC(C4)C2)C3)n1-c1nc(-c2ccccc2)cs1. The molecule has 2 aromatic heterocycles. The fourth-order valence-corrected chi connectivity index (χ4v) is 7.41. The number of thiazole rings is 1. The highest BCUT2D eigenvalue weighted by Gasteiger charge is 2.54. The van der Waals surface area contributed by atoms with E-state index < -0.39 is 0 Å². The first-order valence-electron chi connectivity index (χ1n) is 11.0. The third-order valence-corrected chi connectivity index (χ3v) is 8.28. The highest BCUT2D eigenvalue weighted by Crippen LogP contribution is 2.60.